The van der Waals surface area contributed by atoms with Crippen LogP contribution in [0.2, 0.25) is 0 Å². The summed E-state index contributed by atoms with van der Waals surface area (Å²) in [6, 6.07) is 5.31. The fraction of sp³-hybridized carbons (Fsp3) is 0.600. The Morgan fingerprint density at radius 3 is 2.61 bits per heavy atom. The molecule has 1 N–H and O–H groups in total. The molecule has 23 heavy (non-hydrogen) atoms. The summed E-state index contributed by atoms with van der Waals surface area (Å²) in [6.45, 7) is 2.98. The lowest BCUT2D eigenvalue weighted by Gasteiger charge is -2.27. The van der Waals surface area contributed by atoms with Crippen LogP contribution < -0.4 is 5.32 Å². The average molecular weight is 372 g/mol. The first-order valence-corrected chi connectivity index (χ1v) is 9.02. The Morgan fingerprint density at radius 1 is 1.30 bits per heavy atom. The Balaban J connectivity index is 0.00000264. The summed E-state index contributed by atoms with van der Waals surface area (Å²) in [5.41, 5.74) is -3.20. The van der Waals surface area contributed by atoms with Crippen LogP contribution in [0.25, 0.3) is 0 Å². The number of fused-ring (bicyclic) bond motifs is 1. The molecule has 0 aliphatic heterocycles. The highest BCUT2D eigenvalue weighted by molar-refractivity contribution is 7.91. The van der Waals surface area contributed by atoms with Crippen molar-refractivity contribution in [2.75, 3.05) is 6.54 Å². The number of nitrogens with one attached hydrogen (secondary N) is 1. The molecule has 2 rings (SSSR count). The van der Waals surface area contributed by atoms with Crippen molar-refractivity contribution in [2.24, 2.45) is 0 Å². The van der Waals surface area contributed by atoms with E-state index >= 15 is 0 Å². The lowest BCUT2D eigenvalue weighted by atomic mass is 9.86. The molecule has 0 saturated carbocycles. The Bertz CT molecular complexity index is 632. The van der Waals surface area contributed by atoms with Crippen LogP contribution in [0.1, 0.15) is 36.5 Å². The van der Waals surface area contributed by atoms with Gasteiger partial charge in [0.2, 0.25) is 0 Å². The first-order valence-electron chi connectivity index (χ1n) is 7.36. The van der Waals surface area contributed by atoms with Gasteiger partial charge >= 0.3 is 5.51 Å². The van der Waals surface area contributed by atoms with Crippen LogP contribution in [-0.2, 0) is 28.4 Å². The SMILES string of the molecule is CCCN[C@@H]1CCc2c(cccc2CS(=O)(=O)C(F)(F)F)C1.Cl. The van der Waals surface area contributed by atoms with Gasteiger partial charge in [0.15, 0.2) is 0 Å². The first kappa shape index (κ1) is 20.3. The largest absolute Gasteiger partial charge is 0.497 e. The van der Waals surface area contributed by atoms with E-state index in [2.05, 4.69) is 12.2 Å². The molecule has 0 unspecified atom stereocenters. The van der Waals surface area contributed by atoms with Gasteiger partial charge < -0.3 is 5.32 Å². The second-order valence-corrected chi connectivity index (χ2v) is 7.63. The smallest absolute Gasteiger partial charge is 0.314 e. The summed E-state index contributed by atoms with van der Waals surface area (Å²) < 4.78 is 60.4. The molecule has 1 aromatic carbocycles. The van der Waals surface area contributed by atoms with Gasteiger partial charge in [-0.25, -0.2) is 8.42 Å². The predicted molar refractivity (Wildman–Crippen MR) is 86.5 cm³/mol. The number of hydrogen-bond acceptors (Lipinski definition) is 3. The Hall–Kier alpha value is -0.790. The van der Waals surface area contributed by atoms with E-state index in [9.17, 15) is 21.6 Å². The molecule has 0 bridgehead atoms. The standard InChI is InChI=1S/C15H20F3NO2S.ClH/c1-2-8-19-13-6-7-14-11(9-13)4-3-5-12(14)10-22(20,21)15(16,17)18;/h3-5,13,19H,2,6-10H2,1H3;1H/t13-;/m1./s1. The van der Waals surface area contributed by atoms with Crippen LogP contribution >= 0.6 is 12.4 Å². The normalized spacial score (nSPS) is 18.2. The third-order valence-electron chi connectivity index (χ3n) is 3.96. The van der Waals surface area contributed by atoms with Crippen molar-refractivity contribution in [3.8, 4) is 0 Å². The molecular weight excluding hydrogens is 351 g/mol. The third-order valence-corrected chi connectivity index (χ3v) is 5.36. The molecule has 0 saturated heterocycles. The van der Waals surface area contributed by atoms with Gasteiger partial charge in [-0.05, 0) is 48.9 Å². The van der Waals surface area contributed by atoms with E-state index in [0.29, 0.717) is 12.5 Å². The molecule has 0 aromatic heterocycles. The van der Waals surface area contributed by atoms with Crippen molar-refractivity contribution in [3.05, 3.63) is 34.9 Å². The zero-order chi connectivity index (χ0) is 16.4. The number of halogens is 4. The van der Waals surface area contributed by atoms with Gasteiger partial charge in [0.05, 0.1) is 5.75 Å². The van der Waals surface area contributed by atoms with Crippen LogP contribution in [0.15, 0.2) is 18.2 Å². The van der Waals surface area contributed by atoms with E-state index in [1.807, 2.05) is 6.07 Å². The minimum absolute atomic E-state index is 0. The highest BCUT2D eigenvalue weighted by Crippen LogP contribution is 2.31. The van der Waals surface area contributed by atoms with Gasteiger partial charge in [-0.1, -0.05) is 25.1 Å². The van der Waals surface area contributed by atoms with E-state index in [-0.39, 0.29) is 18.0 Å². The van der Waals surface area contributed by atoms with E-state index in [0.717, 1.165) is 36.9 Å². The molecule has 1 atom stereocenters. The van der Waals surface area contributed by atoms with Crippen molar-refractivity contribution in [1.82, 2.24) is 5.32 Å². The van der Waals surface area contributed by atoms with Crippen LogP contribution in [0, 0.1) is 0 Å². The molecule has 0 spiro atoms. The van der Waals surface area contributed by atoms with Gasteiger partial charge in [-0.3, -0.25) is 0 Å². The summed E-state index contributed by atoms with van der Waals surface area (Å²) >= 11 is 0. The number of benzene rings is 1. The lowest BCUT2D eigenvalue weighted by molar-refractivity contribution is -0.0437. The van der Waals surface area contributed by atoms with Crippen molar-refractivity contribution in [3.63, 3.8) is 0 Å². The lowest BCUT2D eigenvalue weighted by Crippen LogP contribution is -2.35. The topological polar surface area (TPSA) is 46.2 Å². The molecule has 8 heteroatoms. The highest BCUT2D eigenvalue weighted by Gasteiger charge is 2.45. The summed E-state index contributed by atoms with van der Waals surface area (Å²) in [5.74, 6) is -0.966. The van der Waals surface area contributed by atoms with E-state index in [4.69, 9.17) is 0 Å². The maximum atomic E-state index is 12.6. The number of hydrogen-bond donors (Lipinski definition) is 1. The van der Waals surface area contributed by atoms with E-state index < -0.39 is 21.1 Å². The van der Waals surface area contributed by atoms with Crippen molar-refractivity contribution < 1.29 is 21.6 Å². The van der Waals surface area contributed by atoms with Gasteiger partial charge in [0.1, 0.15) is 0 Å². The maximum Gasteiger partial charge on any atom is 0.497 e. The van der Waals surface area contributed by atoms with Crippen LogP contribution in [-0.4, -0.2) is 26.5 Å². The Morgan fingerprint density at radius 2 is 2.00 bits per heavy atom. The summed E-state index contributed by atoms with van der Waals surface area (Å²) in [5, 5.41) is 3.41. The maximum absolute atomic E-state index is 12.6. The van der Waals surface area contributed by atoms with Crippen molar-refractivity contribution in [1.29, 1.82) is 0 Å². The summed E-state index contributed by atoms with van der Waals surface area (Å²) in [7, 11) is -5.13. The monoisotopic (exact) mass is 371 g/mol. The average Bonchev–Trinajstić information content (AvgIpc) is 2.43. The number of sulfone groups is 1. The second kappa shape index (κ2) is 7.85. The van der Waals surface area contributed by atoms with Gasteiger partial charge in [-0.15, -0.1) is 12.4 Å². The molecule has 0 amide bonds. The molecule has 0 heterocycles. The van der Waals surface area contributed by atoms with E-state index in [1.165, 1.54) is 6.07 Å². The van der Waals surface area contributed by atoms with Crippen LogP contribution in [0.3, 0.4) is 0 Å². The fourth-order valence-electron chi connectivity index (χ4n) is 2.83. The van der Waals surface area contributed by atoms with Crippen LogP contribution in [0.4, 0.5) is 13.2 Å². The molecule has 1 aromatic rings. The summed E-state index contributed by atoms with van der Waals surface area (Å²) in [6.07, 6.45) is 3.18. The fourth-order valence-corrected chi connectivity index (χ4v) is 3.67. The third kappa shape index (κ3) is 4.84. The van der Waals surface area contributed by atoms with Crippen molar-refractivity contribution >= 4 is 22.2 Å². The number of alkyl halides is 3. The molecule has 0 radical (unpaired) electrons. The molecule has 1 aliphatic carbocycles. The minimum Gasteiger partial charge on any atom is -0.314 e. The van der Waals surface area contributed by atoms with E-state index in [1.54, 1.807) is 6.07 Å². The Kier molecular flexibility index (Phi) is 6.92. The second-order valence-electron chi connectivity index (χ2n) is 5.65. The molecule has 0 fully saturated rings. The Labute approximate surface area is 141 Å². The minimum atomic E-state index is -5.20. The van der Waals surface area contributed by atoms with Gasteiger partial charge in [-0.2, -0.15) is 13.2 Å². The zero-order valence-corrected chi connectivity index (χ0v) is 14.5. The highest BCUT2D eigenvalue weighted by atomic mass is 35.5. The van der Waals surface area contributed by atoms with Crippen LogP contribution in [0.5, 0.6) is 0 Å². The van der Waals surface area contributed by atoms with Crippen molar-refractivity contribution in [2.45, 2.75) is 49.9 Å². The quantitative estimate of drug-likeness (QED) is 0.862. The molecule has 1 aliphatic rings. The molecule has 132 valence electrons. The molecule has 3 nitrogen and oxygen atoms in total. The molecular formula is C15H21ClF3NO2S. The van der Waals surface area contributed by atoms with Gasteiger partial charge in [0, 0.05) is 6.04 Å². The first-order chi connectivity index (χ1) is 10.2. The zero-order valence-electron chi connectivity index (χ0n) is 12.8. The predicted octanol–water partition coefficient (Wildman–Crippen LogP) is 3.40. The van der Waals surface area contributed by atoms with Gasteiger partial charge in [0.25, 0.3) is 9.84 Å². The summed E-state index contributed by atoms with van der Waals surface area (Å²) in [4.78, 5) is 0. The number of rotatable bonds is 5.